The molecular formula is C12H17N5O. The SMILES string of the molecule is CNC(Cc1nc(-c2cnn(C)c2)no1)C1CC1. The molecule has 1 atom stereocenters. The van der Waals surface area contributed by atoms with Crippen molar-refractivity contribution in [3.05, 3.63) is 18.3 Å². The number of likely N-dealkylation sites (N-methyl/N-ethyl adjacent to an activating group) is 1. The fraction of sp³-hybridized carbons (Fsp3) is 0.583. The van der Waals surface area contributed by atoms with E-state index in [9.17, 15) is 0 Å². The minimum absolute atomic E-state index is 0.451. The first-order valence-corrected chi connectivity index (χ1v) is 6.25. The molecule has 0 saturated heterocycles. The van der Waals surface area contributed by atoms with Gasteiger partial charge in [0.05, 0.1) is 11.8 Å². The first kappa shape index (κ1) is 11.4. The third-order valence-corrected chi connectivity index (χ3v) is 3.39. The predicted molar refractivity (Wildman–Crippen MR) is 65.8 cm³/mol. The van der Waals surface area contributed by atoms with Crippen LogP contribution in [-0.4, -0.2) is 33.0 Å². The number of nitrogens with zero attached hydrogens (tertiary/aromatic N) is 4. The van der Waals surface area contributed by atoms with E-state index < -0.39 is 0 Å². The summed E-state index contributed by atoms with van der Waals surface area (Å²) in [4.78, 5) is 4.42. The Bertz CT molecular complexity index is 528. The summed E-state index contributed by atoms with van der Waals surface area (Å²) in [6.45, 7) is 0. The van der Waals surface area contributed by atoms with Gasteiger partial charge in [-0.25, -0.2) is 0 Å². The van der Waals surface area contributed by atoms with Crippen LogP contribution in [-0.2, 0) is 13.5 Å². The molecule has 6 nitrogen and oxygen atoms in total. The van der Waals surface area contributed by atoms with Crippen LogP contribution in [0.25, 0.3) is 11.4 Å². The van der Waals surface area contributed by atoms with E-state index in [1.807, 2.05) is 20.3 Å². The van der Waals surface area contributed by atoms with Crippen LogP contribution in [0.5, 0.6) is 0 Å². The quantitative estimate of drug-likeness (QED) is 0.854. The van der Waals surface area contributed by atoms with E-state index >= 15 is 0 Å². The molecule has 96 valence electrons. The van der Waals surface area contributed by atoms with E-state index in [2.05, 4.69) is 20.6 Å². The number of nitrogens with one attached hydrogen (secondary N) is 1. The van der Waals surface area contributed by atoms with Crippen LogP contribution in [0.4, 0.5) is 0 Å². The van der Waals surface area contributed by atoms with Gasteiger partial charge in [-0.2, -0.15) is 10.1 Å². The maximum Gasteiger partial charge on any atom is 0.228 e. The van der Waals surface area contributed by atoms with Gasteiger partial charge in [0.15, 0.2) is 0 Å². The number of hydrogen-bond donors (Lipinski definition) is 1. The number of hydrogen-bond acceptors (Lipinski definition) is 5. The molecule has 18 heavy (non-hydrogen) atoms. The van der Waals surface area contributed by atoms with E-state index in [4.69, 9.17) is 4.52 Å². The highest BCUT2D eigenvalue weighted by atomic mass is 16.5. The molecule has 6 heteroatoms. The van der Waals surface area contributed by atoms with Crippen molar-refractivity contribution in [2.24, 2.45) is 13.0 Å². The van der Waals surface area contributed by atoms with Gasteiger partial charge >= 0.3 is 0 Å². The summed E-state index contributed by atoms with van der Waals surface area (Å²) >= 11 is 0. The molecule has 2 aromatic rings. The van der Waals surface area contributed by atoms with Crippen molar-refractivity contribution in [3.63, 3.8) is 0 Å². The van der Waals surface area contributed by atoms with Crippen molar-refractivity contribution in [1.82, 2.24) is 25.2 Å². The normalized spacial score (nSPS) is 17.0. The highest BCUT2D eigenvalue weighted by molar-refractivity contribution is 5.50. The largest absolute Gasteiger partial charge is 0.339 e. The summed E-state index contributed by atoms with van der Waals surface area (Å²) in [6, 6.07) is 0.451. The minimum atomic E-state index is 0.451. The second kappa shape index (κ2) is 4.53. The predicted octanol–water partition coefficient (Wildman–Crippen LogP) is 1.01. The van der Waals surface area contributed by atoms with Gasteiger partial charge in [0.1, 0.15) is 0 Å². The summed E-state index contributed by atoms with van der Waals surface area (Å²) in [5, 5.41) is 11.4. The van der Waals surface area contributed by atoms with E-state index in [1.54, 1.807) is 10.9 Å². The molecule has 2 heterocycles. The van der Waals surface area contributed by atoms with Crippen molar-refractivity contribution in [2.75, 3.05) is 7.05 Å². The van der Waals surface area contributed by atoms with E-state index in [1.165, 1.54) is 12.8 Å². The molecule has 0 aliphatic heterocycles. The third-order valence-electron chi connectivity index (χ3n) is 3.39. The van der Waals surface area contributed by atoms with Gasteiger partial charge < -0.3 is 9.84 Å². The van der Waals surface area contributed by atoms with E-state index in [0.717, 1.165) is 17.9 Å². The van der Waals surface area contributed by atoms with Crippen molar-refractivity contribution >= 4 is 0 Å². The maximum atomic E-state index is 5.30. The van der Waals surface area contributed by atoms with Gasteiger partial charge in [0, 0.05) is 25.7 Å². The van der Waals surface area contributed by atoms with Crippen LogP contribution in [0.15, 0.2) is 16.9 Å². The van der Waals surface area contributed by atoms with E-state index in [-0.39, 0.29) is 0 Å². The van der Waals surface area contributed by atoms with Gasteiger partial charge in [-0.3, -0.25) is 4.68 Å². The molecular weight excluding hydrogens is 230 g/mol. The highest BCUT2D eigenvalue weighted by Gasteiger charge is 2.31. The Kier molecular flexibility index (Phi) is 2.87. The molecule has 1 fully saturated rings. The molecule has 3 rings (SSSR count). The minimum Gasteiger partial charge on any atom is -0.339 e. The average Bonchev–Trinajstić information content (AvgIpc) is 2.94. The van der Waals surface area contributed by atoms with Crippen LogP contribution < -0.4 is 5.32 Å². The fourth-order valence-electron chi connectivity index (χ4n) is 2.18. The smallest absolute Gasteiger partial charge is 0.228 e. The van der Waals surface area contributed by atoms with E-state index in [0.29, 0.717) is 17.8 Å². The van der Waals surface area contributed by atoms with Crippen molar-refractivity contribution in [3.8, 4) is 11.4 Å². The Labute approximate surface area is 105 Å². The standard InChI is InChI=1S/C12H17N5O/c1-13-10(8-3-4-8)5-11-15-12(16-18-11)9-6-14-17(2)7-9/h6-8,10,13H,3-5H2,1-2H3. The van der Waals surface area contributed by atoms with Crippen molar-refractivity contribution in [2.45, 2.75) is 25.3 Å². The summed E-state index contributed by atoms with van der Waals surface area (Å²) in [6.07, 6.45) is 7.02. The fourth-order valence-corrected chi connectivity index (χ4v) is 2.18. The lowest BCUT2D eigenvalue weighted by atomic mass is 10.1. The Hall–Kier alpha value is -1.69. The van der Waals surface area contributed by atoms with Gasteiger partial charge in [0.25, 0.3) is 0 Å². The molecule has 1 aliphatic rings. The van der Waals surface area contributed by atoms with Gasteiger partial charge in [-0.1, -0.05) is 5.16 Å². The zero-order valence-corrected chi connectivity index (χ0v) is 10.6. The Morgan fingerprint density at radius 2 is 2.39 bits per heavy atom. The molecule has 1 N–H and O–H groups in total. The lowest BCUT2D eigenvalue weighted by Crippen LogP contribution is -2.29. The monoisotopic (exact) mass is 247 g/mol. The molecule has 0 radical (unpaired) electrons. The lowest BCUT2D eigenvalue weighted by Gasteiger charge is -2.11. The maximum absolute atomic E-state index is 5.30. The van der Waals surface area contributed by atoms with Crippen LogP contribution in [0.3, 0.4) is 0 Å². The Morgan fingerprint density at radius 3 is 3.00 bits per heavy atom. The molecule has 1 unspecified atom stereocenters. The molecule has 0 bridgehead atoms. The number of rotatable bonds is 5. The lowest BCUT2D eigenvalue weighted by molar-refractivity contribution is 0.352. The van der Waals surface area contributed by atoms with Crippen molar-refractivity contribution < 1.29 is 4.52 Å². The Morgan fingerprint density at radius 1 is 1.56 bits per heavy atom. The van der Waals surface area contributed by atoms with Crippen LogP contribution in [0.2, 0.25) is 0 Å². The molecule has 1 aliphatic carbocycles. The number of aryl methyl sites for hydroxylation is 1. The molecule has 0 spiro atoms. The highest BCUT2D eigenvalue weighted by Crippen LogP contribution is 2.33. The van der Waals surface area contributed by atoms with Gasteiger partial charge in [0.2, 0.25) is 11.7 Å². The summed E-state index contributed by atoms with van der Waals surface area (Å²) in [7, 11) is 3.86. The average molecular weight is 247 g/mol. The molecule has 0 aromatic carbocycles. The van der Waals surface area contributed by atoms with Crippen LogP contribution >= 0.6 is 0 Å². The Balaban J connectivity index is 1.72. The molecule has 0 amide bonds. The summed E-state index contributed by atoms with van der Waals surface area (Å²) in [5.74, 6) is 2.08. The first-order valence-electron chi connectivity index (χ1n) is 6.25. The molecule has 2 aromatic heterocycles. The van der Waals surface area contributed by atoms with Gasteiger partial charge in [-0.15, -0.1) is 0 Å². The van der Waals surface area contributed by atoms with Crippen molar-refractivity contribution in [1.29, 1.82) is 0 Å². The molecule has 1 saturated carbocycles. The zero-order valence-electron chi connectivity index (χ0n) is 10.6. The van der Waals surface area contributed by atoms with Crippen LogP contribution in [0, 0.1) is 5.92 Å². The zero-order chi connectivity index (χ0) is 12.5. The van der Waals surface area contributed by atoms with Gasteiger partial charge in [-0.05, 0) is 25.8 Å². The van der Waals surface area contributed by atoms with Crippen LogP contribution in [0.1, 0.15) is 18.7 Å². The third kappa shape index (κ3) is 2.28. The topological polar surface area (TPSA) is 68.8 Å². The summed E-state index contributed by atoms with van der Waals surface area (Å²) < 4.78 is 7.03. The second-order valence-corrected chi connectivity index (χ2v) is 4.85. The first-order chi connectivity index (χ1) is 8.76. The number of aromatic nitrogens is 4. The second-order valence-electron chi connectivity index (χ2n) is 4.85. The summed E-state index contributed by atoms with van der Waals surface area (Å²) in [5.41, 5.74) is 0.889.